The summed E-state index contributed by atoms with van der Waals surface area (Å²) in [6.07, 6.45) is 6.48. The van der Waals surface area contributed by atoms with Crippen LogP contribution in [-0.4, -0.2) is 19.1 Å². The van der Waals surface area contributed by atoms with Crippen LogP contribution in [0.5, 0.6) is 0 Å². The Balaban J connectivity index is 1.91. The van der Waals surface area contributed by atoms with Crippen molar-refractivity contribution in [1.82, 2.24) is 19.1 Å². The Bertz CT molecular complexity index is 771. The van der Waals surface area contributed by atoms with E-state index in [1.165, 1.54) is 30.3 Å². The maximum absolute atomic E-state index is 12.0. The lowest BCUT2D eigenvalue weighted by Gasteiger charge is -2.34. The number of nitrogens with one attached hydrogen (secondary N) is 1. The van der Waals surface area contributed by atoms with Gasteiger partial charge < -0.3 is 4.57 Å². The summed E-state index contributed by atoms with van der Waals surface area (Å²) in [5.74, 6) is 0.576. The molecule has 0 unspecified atom stereocenters. The van der Waals surface area contributed by atoms with E-state index in [1.54, 1.807) is 13.4 Å². The third kappa shape index (κ3) is 2.54. The molecule has 1 saturated carbocycles. The van der Waals surface area contributed by atoms with Gasteiger partial charge in [0.15, 0.2) is 11.2 Å². The quantitative estimate of drug-likeness (QED) is 0.914. The van der Waals surface area contributed by atoms with Crippen LogP contribution in [0.4, 0.5) is 0 Å². The van der Waals surface area contributed by atoms with Gasteiger partial charge in [-0.15, -0.1) is 0 Å². The Morgan fingerprint density at radius 1 is 1.33 bits per heavy atom. The molecule has 0 saturated heterocycles. The largest absolute Gasteiger partial charge is 0.329 e. The second-order valence-electron chi connectivity index (χ2n) is 7.00. The molecule has 0 spiro atoms. The van der Waals surface area contributed by atoms with Crippen LogP contribution in [0.25, 0.3) is 11.2 Å². The van der Waals surface area contributed by atoms with Crippen molar-refractivity contribution in [3.63, 3.8) is 0 Å². The first-order valence-electron chi connectivity index (χ1n) is 7.51. The summed E-state index contributed by atoms with van der Waals surface area (Å²) in [6.45, 7) is 5.43. The average molecular weight is 290 g/mol. The van der Waals surface area contributed by atoms with E-state index in [0.717, 1.165) is 6.54 Å². The molecule has 1 fully saturated rings. The van der Waals surface area contributed by atoms with Crippen LogP contribution in [0.3, 0.4) is 0 Å². The monoisotopic (exact) mass is 290 g/mol. The Labute approximate surface area is 122 Å². The molecule has 1 N–H and O–H groups in total. The first-order valence-corrected chi connectivity index (χ1v) is 7.51. The summed E-state index contributed by atoms with van der Waals surface area (Å²) in [4.78, 5) is 30.2. The van der Waals surface area contributed by atoms with Crippen LogP contribution < -0.4 is 11.2 Å². The van der Waals surface area contributed by atoms with Crippen molar-refractivity contribution in [2.24, 2.45) is 18.4 Å². The lowest BCUT2D eigenvalue weighted by molar-refractivity contribution is 0.179. The van der Waals surface area contributed by atoms with E-state index < -0.39 is 5.69 Å². The highest BCUT2D eigenvalue weighted by Gasteiger charge is 2.27. The number of aromatic amines is 1. The molecule has 6 heteroatoms. The van der Waals surface area contributed by atoms with Gasteiger partial charge in [0.2, 0.25) is 0 Å². The number of imidazole rings is 1. The zero-order valence-corrected chi connectivity index (χ0v) is 12.8. The van der Waals surface area contributed by atoms with E-state index in [1.807, 2.05) is 4.57 Å². The Kier molecular flexibility index (Phi) is 3.26. The van der Waals surface area contributed by atoms with Gasteiger partial charge >= 0.3 is 5.69 Å². The van der Waals surface area contributed by atoms with Gasteiger partial charge in [-0.1, -0.05) is 13.8 Å². The first-order chi connectivity index (χ1) is 9.87. The third-order valence-corrected chi connectivity index (χ3v) is 4.79. The Morgan fingerprint density at radius 2 is 2.00 bits per heavy atom. The fraction of sp³-hybridized carbons (Fsp3) is 0.667. The van der Waals surface area contributed by atoms with Crippen molar-refractivity contribution in [3.05, 3.63) is 27.2 Å². The molecule has 6 nitrogen and oxygen atoms in total. The molecule has 2 heterocycles. The van der Waals surface area contributed by atoms with Gasteiger partial charge in [0.25, 0.3) is 5.56 Å². The van der Waals surface area contributed by atoms with Gasteiger partial charge in [-0.05, 0) is 37.0 Å². The SMILES string of the molecule is Cn1c(=O)[nH]c(=O)c2c1ncn2CC1CCC(C)(C)CC1. The fourth-order valence-electron chi connectivity index (χ4n) is 3.24. The molecule has 114 valence electrons. The predicted octanol–water partition coefficient (Wildman–Crippen LogP) is 1.64. The molecule has 0 bridgehead atoms. The molecule has 1 aliphatic carbocycles. The van der Waals surface area contributed by atoms with Crippen molar-refractivity contribution in [1.29, 1.82) is 0 Å². The van der Waals surface area contributed by atoms with Crippen molar-refractivity contribution in [3.8, 4) is 0 Å². The zero-order valence-electron chi connectivity index (χ0n) is 12.8. The fourth-order valence-corrected chi connectivity index (χ4v) is 3.24. The van der Waals surface area contributed by atoms with Crippen molar-refractivity contribution >= 4 is 11.2 Å². The Hall–Kier alpha value is -1.85. The third-order valence-electron chi connectivity index (χ3n) is 4.79. The molecular weight excluding hydrogens is 268 g/mol. The molecule has 0 radical (unpaired) electrons. The van der Waals surface area contributed by atoms with Crippen LogP contribution in [0, 0.1) is 11.3 Å². The summed E-state index contributed by atoms with van der Waals surface area (Å²) in [6, 6.07) is 0. The summed E-state index contributed by atoms with van der Waals surface area (Å²) < 4.78 is 3.29. The minimum Gasteiger partial charge on any atom is -0.324 e. The highest BCUT2D eigenvalue weighted by Crippen LogP contribution is 2.38. The number of nitrogens with zero attached hydrogens (tertiary/aromatic N) is 3. The van der Waals surface area contributed by atoms with Gasteiger partial charge in [-0.2, -0.15) is 0 Å². The zero-order chi connectivity index (χ0) is 15.2. The van der Waals surface area contributed by atoms with Gasteiger partial charge in [-0.25, -0.2) is 9.78 Å². The number of hydrogen-bond acceptors (Lipinski definition) is 3. The van der Waals surface area contributed by atoms with Crippen molar-refractivity contribution in [2.45, 2.75) is 46.1 Å². The molecule has 0 aliphatic heterocycles. The maximum atomic E-state index is 12.0. The minimum atomic E-state index is -0.419. The van der Waals surface area contributed by atoms with Crippen molar-refractivity contribution in [2.75, 3.05) is 0 Å². The molecule has 0 atom stereocenters. The second kappa shape index (κ2) is 4.86. The number of aryl methyl sites for hydroxylation is 1. The summed E-state index contributed by atoms with van der Waals surface area (Å²) in [7, 11) is 1.63. The average Bonchev–Trinajstić information content (AvgIpc) is 2.83. The molecule has 0 aromatic carbocycles. The van der Waals surface area contributed by atoms with E-state index in [0.29, 0.717) is 22.5 Å². The van der Waals surface area contributed by atoms with Gasteiger partial charge in [0.05, 0.1) is 6.33 Å². The Morgan fingerprint density at radius 3 is 2.67 bits per heavy atom. The lowest BCUT2D eigenvalue weighted by atomic mass is 9.73. The minimum absolute atomic E-state index is 0.346. The lowest BCUT2D eigenvalue weighted by Crippen LogP contribution is -2.30. The molecule has 1 aliphatic rings. The summed E-state index contributed by atoms with van der Waals surface area (Å²) in [5.41, 5.74) is 0.634. The van der Waals surface area contributed by atoms with Crippen molar-refractivity contribution < 1.29 is 0 Å². The molecule has 3 rings (SSSR count). The van der Waals surface area contributed by atoms with E-state index in [9.17, 15) is 9.59 Å². The van der Waals surface area contributed by atoms with Crippen LogP contribution in [0.15, 0.2) is 15.9 Å². The molecule has 0 amide bonds. The van der Waals surface area contributed by atoms with E-state index in [-0.39, 0.29) is 5.56 Å². The second-order valence-corrected chi connectivity index (χ2v) is 7.00. The number of fused-ring (bicyclic) bond motifs is 1. The van der Waals surface area contributed by atoms with Gasteiger partial charge in [0, 0.05) is 13.6 Å². The number of hydrogen-bond donors (Lipinski definition) is 1. The topological polar surface area (TPSA) is 72.7 Å². The highest BCUT2D eigenvalue weighted by atomic mass is 16.2. The molecule has 21 heavy (non-hydrogen) atoms. The smallest absolute Gasteiger partial charge is 0.324 e. The van der Waals surface area contributed by atoms with E-state index >= 15 is 0 Å². The molecular formula is C15H22N4O2. The number of aromatic nitrogens is 4. The molecule has 2 aromatic rings. The summed E-state index contributed by atoms with van der Waals surface area (Å²) in [5, 5.41) is 0. The number of H-pyrrole nitrogens is 1. The standard InChI is InChI=1S/C15H22N4O2/c1-15(2)6-4-10(5-7-15)8-19-9-16-12-11(19)13(20)17-14(21)18(12)3/h9-10H,4-8H2,1-3H3,(H,17,20,21). The van der Waals surface area contributed by atoms with Crippen LogP contribution in [-0.2, 0) is 13.6 Å². The molecule has 2 aromatic heterocycles. The highest BCUT2D eigenvalue weighted by molar-refractivity contribution is 5.69. The normalized spacial score (nSPS) is 19.2. The first kappa shape index (κ1) is 14.1. The number of rotatable bonds is 2. The van der Waals surface area contributed by atoms with Crippen LogP contribution >= 0.6 is 0 Å². The summed E-state index contributed by atoms with van der Waals surface area (Å²) >= 11 is 0. The predicted molar refractivity (Wildman–Crippen MR) is 81.3 cm³/mol. The van der Waals surface area contributed by atoms with Crippen LogP contribution in [0.2, 0.25) is 0 Å². The van der Waals surface area contributed by atoms with Gasteiger partial charge in [-0.3, -0.25) is 14.3 Å². The van der Waals surface area contributed by atoms with E-state index in [2.05, 4.69) is 23.8 Å². The van der Waals surface area contributed by atoms with Gasteiger partial charge in [0.1, 0.15) is 0 Å². The maximum Gasteiger partial charge on any atom is 0.329 e. The van der Waals surface area contributed by atoms with E-state index in [4.69, 9.17) is 0 Å². The van der Waals surface area contributed by atoms with Crippen LogP contribution in [0.1, 0.15) is 39.5 Å².